The van der Waals surface area contributed by atoms with Gasteiger partial charge >= 0.3 is 0 Å². The molecule has 4 N–H and O–H groups in total. The molecule has 2 rings (SSSR count). The second-order valence-corrected chi connectivity index (χ2v) is 5.28. The zero-order valence-electron chi connectivity index (χ0n) is 11.2. The molecule has 0 spiro atoms. The van der Waals surface area contributed by atoms with Crippen LogP contribution in [0.15, 0.2) is 40.1 Å². The lowest BCUT2D eigenvalue weighted by atomic mass is 10.1. The average Bonchev–Trinajstić information content (AvgIpc) is 2.82. The van der Waals surface area contributed by atoms with E-state index in [2.05, 4.69) is 31.5 Å². The molecule has 0 atom stereocenters. The lowest BCUT2D eigenvalue weighted by Crippen LogP contribution is -2.21. The molecular weight excluding hydrogens is 338 g/mol. The summed E-state index contributed by atoms with van der Waals surface area (Å²) in [4.78, 5) is 12.1. The van der Waals surface area contributed by atoms with Crippen LogP contribution < -0.4 is 11.1 Å². The number of carbonyl (C=O) groups excluding carboxylic acids is 1. The molecule has 0 aliphatic heterocycles. The van der Waals surface area contributed by atoms with E-state index < -0.39 is 0 Å². The molecule has 8 heteroatoms. The van der Waals surface area contributed by atoms with Crippen molar-refractivity contribution in [3.05, 3.63) is 46.1 Å². The summed E-state index contributed by atoms with van der Waals surface area (Å²) in [5.41, 5.74) is 6.79. The molecule has 0 fully saturated rings. The van der Waals surface area contributed by atoms with Crippen molar-refractivity contribution in [2.24, 2.45) is 17.9 Å². The molecule has 0 saturated heterocycles. The number of amidine groups is 1. The molecule has 0 radical (unpaired) electrons. The standard InChI is InChI=1S/C13H14BrN5O2/c1-19-13(10(7-16-19)12(15)18-21)17-11(20)6-8-2-4-9(14)5-3-8/h2-5,7,21H,6H2,1H3,(H2,15,18)(H,17,20). The van der Waals surface area contributed by atoms with E-state index in [1.807, 2.05) is 24.3 Å². The fraction of sp³-hybridized carbons (Fsp3) is 0.154. The first-order valence-electron chi connectivity index (χ1n) is 6.05. The first-order chi connectivity index (χ1) is 10.0. The van der Waals surface area contributed by atoms with E-state index in [4.69, 9.17) is 10.9 Å². The smallest absolute Gasteiger partial charge is 0.229 e. The highest BCUT2D eigenvalue weighted by Crippen LogP contribution is 2.15. The van der Waals surface area contributed by atoms with E-state index in [0.717, 1.165) is 10.0 Å². The van der Waals surface area contributed by atoms with Crippen LogP contribution in [0.5, 0.6) is 0 Å². The molecule has 7 nitrogen and oxygen atoms in total. The molecule has 0 bridgehead atoms. The minimum absolute atomic E-state index is 0.109. The third-order valence-electron chi connectivity index (χ3n) is 2.86. The maximum absolute atomic E-state index is 12.1. The number of hydrogen-bond acceptors (Lipinski definition) is 4. The summed E-state index contributed by atoms with van der Waals surface area (Å²) in [6.45, 7) is 0. The molecule has 0 saturated carbocycles. The van der Waals surface area contributed by atoms with Crippen molar-refractivity contribution in [3.63, 3.8) is 0 Å². The molecule has 0 aliphatic rings. The van der Waals surface area contributed by atoms with Gasteiger partial charge in [-0.1, -0.05) is 33.2 Å². The summed E-state index contributed by atoms with van der Waals surface area (Å²) in [6, 6.07) is 7.46. The van der Waals surface area contributed by atoms with Crippen LogP contribution in [0.3, 0.4) is 0 Å². The van der Waals surface area contributed by atoms with Gasteiger partial charge in [-0.2, -0.15) is 5.10 Å². The van der Waals surface area contributed by atoms with Crippen molar-refractivity contribution in [1.29, 1.82) is 0 Å². The predicted octanol–water partition coefficient (Wildman–Crippen LogP) is 1.46. The highest BCUT2D eigenvalue weighted by molar-refractivity contribution is 9.10. The molecule has 1 aromatic carbocycles. The number of nitrogens with zero attached hydrogens (tertiary/aromatic N) is 3. The first-order valence-corrected chi connectivity index (χ1v) is 6.84. The van der Waals surface area contributed by atoms with Gasteiger partial charge in [0.15, 0.2) is 5.84 Å². The fourth-order valence-electron chi connectivity index (χ4n) is 1.79. The third-order valence-corrected chi connectivity index (χ3v) is 3.39. The number of benzene rings is 1. The summed E-state index contributed by atoms with van der Waals surface area (Å²) < 4.78 is 2.40. The van der Waals surface area contributed by atoms with Crippen LogP contribution in [0.1, 0.15) is 11.1 Å². The van der Waals surface area contributed by atoms with Crippen LogP contribution in [0.25, 0.3) is 0 Å². The minimum atomic E-state index is -0.215. The Hall–Kier alpha value is -2.35. The number of aryl methyl sites for hydroxylation is 1. The molecular formula is C13H14BrN5O2. The maximum Gasteiger partial charge on any atom is 0.229 e. The Bertz CT molecular complexity index is 678. The van der Waals surface area contributed by atoms with Crippen LogP contribution in [-0.2, 0) is 18.3 Å². The number of carbonyl (C=O) groups is 1. The van der Waals surface area contributed by atoms with Gasteiger partial charge < -0.3 is 16.3 Å². The number of nitrogens with two attached hydrogens (primary N) is 1. The number of aromatic nitrogens is 2. The van der Waals surface area contributed by atoms with E-state index in [0.29, 0.717) is 11.4 Å². The highest BCUT2D eigenvalue weighted by atomic mass is 79.9. The lowest BCUT2D eigenvalue weighted by molar-refractivity contribution is -0.115. The Balaban J connectivity index is 2.13. The van der Waals surface area contributed by atoms with Crippen LogP contribution >= 0.6 is 15.9 Å². The average molecular weight is 352 g/mol. The highest BCUT2D eigenvalue weighted by Gasteiger charge is 2.15. The Kier molecular flexibility index (Phi) is 4.59. The Labute approximate surface area is 129 Å². The lowest BCUT2D eigenvalue weighted by Gasteiger charge is -2.08. The summed E-state index contributed by atoms with van der Waals surface area (Å²) in [6.07, 6.45) is 1.64. The minimum Gasteiger partial charge on any atom is -0.409 e. The Morgan fingerprint density at radius 1 is 1.48 bits per heavy atom. The third kappa shape index (κ3) is 3.60. The summed E-state index contributed by atoms with van der Waals surface area (Å²) in [5, 5.41) is 18.3. The molecule has 2 aromatic rings. The number of halogens is 1. The second kappa shape index (κ2) is 6.40. The van der Waals surface area contributed by atoms with Crippen LogP contribution in [-0.4, -0.2) is 26.7 Å². The van der Waals surface area contributed by atoms with Gasteiger partial charge in [-0.05, 0) is 17.7 Å². The van der Waals surface area contributed by atoms with Gasteiger partial charge in [-0.25, -0.2) is 0 Å². The van der Waals surface area contributed by atoms with Crippen molar-refractivity contribution >= 4 is 33.5 Å². The molecule has 110 valence electrons. The van der Waals surface area contributed by atoms with Crippen LogP contribution in [0.2, 0.25) is 0 Å². The van der Waals surface area contributed by atoms with Gasteiger partial charge in [0.05, 0.1) is 18.2 Å². The van der Waals surface area contributed by atoms with Gasteiger partial charge in [0.2, 0.25) is 5.91 Å². The number of amides is 1. The second-order valence-electron chi connectivity index (χ2n) is 4.37. The van der Waals surface area contributed by atoms with E-state index in [1.165, 1.54) is 10.9 Å². The molecule has 1 heterocycles. The quantitative estimate of drug-likeness (QED) is 0.335. The monoisotopic (exact) mass is 351 g/mol. The van der Waals surface area contributed by atoms with Crippen molar-refractivity contribution in [2.45, 2.75) is 6.42 Å². The number of anilines is 1. The zero-order chi connectivity index (χ0) is 15.4. The molecule has 1 aromatic heterocycles. The van der Waals surface area contributed by atoms with E-state index in [1.54, 1.807) is 7.05 Å². The fourth-order valence-corrected chi connectivity index (χ4v) is 2.06. The molecule has 0 aliphatic carbocycles. The van der Waals surface area contributed by atoms with E-state index in [9.17, 15) is 4.79 Å². The van der Waals surface area contributed by atoms with Crippen LogP contribution in [0.4, 0.5) is 5.82 Å². The van der Waals surface area contributed by atoms with Crippen LogP contribution in [0, 0.1) is 0 Å². The van der Waals surface area contributed by atoms with Crippen molar-refractivity contribution in [2.75, 3.05) is 5.32 Å². The zero-order valence-corrected chi connectivity index (χ0v) is 12.8. The van der Waals surface area contributed by atoms with Crippen molar-refractivity contribution < 1.29 is 10.0 Å². The summed E-state index contributed by atoms with van der Waals surface area (Å²) in [5.74, 6) is 0.0577. The summed E-state index contributed by atoms with van der Waals surface area (Å²) >= 11 is 3.34. The number of nitrogens with one attached hydrogen (secondary N) is 1. The molecule has 1 amide bonds. The maximum atomic E-state index is 12.1. The number of rotatable bonds is 4. The summed E-state index contributed by atoms with van der Waals surface area (Å²) in [7, 11) is 1.66. The van der Waals surface area contributed by atoms with E-state index >= 15 is 0 Å². The van der Waals surface area contributed by atoms with Gasteiger partial charge in [0.1, 0.15) is 5.82 Å². The normalized spacial score (nSPS) is 11.4. The van der Waals surface area contributed by atoms with E-state index in [-0.39, 0.29) is 18.2 Å². The molecule has 0 unspecified atom stereocenters. The van der Waals surface area contributed by atoms with Crippen molar-refractivity contribution in [1.82, 2.24) is 9.78 Å². The Morgan fingerprint density at radius 2 is 2.14 bits per heavy atom. The predicted molar refractivity (Wildman–Crippen MR) is 82.2 cm³/mol. The number of oxime groups is 1. The van der Waals surface area contributed by atoms with Gasteiger partial charge in [0.25, 0.3) is 0 Å². The topological polar surface area (TPSA) is 106 Å². The SMILES string of the molecule is Cn1ncc(C(N)=NO)c1NC(=O)Cc1ccc(Br)cc1. The number of hydrogen-bond donors (Lipinski definition) is 3. The largest absolute Gasteiger partial charge is 0.409 e. The Morgan fingerprint density at radius 3 is 2.76 bits per heavy atom. The van der Waals surface area contributed by atoms with Gasteiger partial charge in [-0.15, -0.1) is 0 Å². The first kappa shape index (κ1) is 15.0. The van der Waals surface area contributed by atoms with Gasteiger partial charge in [-0.3, -0.25) is 9.48 Å². The van der Waals surface area contributed by atoms with Gasteiger partial charge in [0, 0.05) is 11.5 Å². The van der Waals surface area contributed by atoms with Crippen molar-refractivity contribution in [3.8, 4) is 0 Å². The molecule has 21 heavy (non-hydrogen) atoms.